The van der Waals surface area contributed by atoms with Gasteiger partial charge in [0.05, 0.1) is 5.52 Å². The molecule has 17 heavy (non-hydrogen) atoms. The molecule has 1 aromatic carbocycles. The van der Waals surface area contributed by atoms with Gasteiger partial charge in [0.1, 0.15) is 0 Å². The van der Waals surface area contributed by atoms with Gasteiger partial charge in [-0.2, -0.15) is 0 Å². The maximum absolute atomic E-state index is 4.58. The monoisotopic (exact) mass is 221 g/mol. The van der Waals surface area contributed by atoms with Crippen molar-refractivity contribution in [1.82, 2.24) is 4.98 Å². The molecule has 0 saturated carbocycles. The fourth-order valence-electron chi connectivity index (χ4n) is 2.23. The molecule has 0 spiro atoms. The third kappa shape index (κ3) is 2.01. The van der Waals surface area contributed by atoms with Gasteiger partial charge in [0, 0.05) is 11.1 Å². The van der Waals surface area contributed by atoms with E-state index in [-0.39, 0.29) is 0 Å². The molecule has 0 radical (unpaired) electrons. The van der Waals surface area contributed by atoms with Gasteiger partial charge in [0.15, 0.2) is 0 Å². The molecule has 0 unspecified atom stereocenters. The molecule has 0 N–H and O–H groups in total. The SMILES string of the molecule is Cc1ccc2ccc(C3=CCCC=C3)cc2n1. The second-order valence-electron chi connectivity index (χ2n) is 4.50. The third-order valence-electron chi connectivity index (χ3n) is 3.16. The normalized spacial score (nSPS) is 15.0. The van der Waals surface area contributed by atoms with Crippen molar-refractivity contribution in [1.29, 1.82) is 0 Å². The Bertz CT molecular complexity index is 620. The average Bonchev–Trinajstić information content (AvgIpc) is 2.39. The van der Waals surface area contributed by atoms with Gasteiger partial charge in [-0.25, -0.2) is 0 Å². The predicted octanol–water partition coefficient (Wildman–Crippen LogP) is 4.28. The molecular formula is C16H15N. The molecule has 2 aromatic rings. The van der Waals surface area contributed by atoms with E-state index in [1.807, 2.05) is 6.92 Å². The lowest BCUT2D eigenvalue weighted by atomic mass is 9.98. The largest absolute Gasteiger partial charge is 0.253 e. The molecule has 0 bridgehead atoms. The zero-order chi connectivity index (χ0) is 11.7. The van der Waals surface area contributed by atoms with Crippen LogP contribution in [0.1, 0.15) is 24.1 Å². The van der Waals surface area contributed by atoms with Crippen LogP contribution in [-0.2, 0) is 0 Å². The van der Waals surface area contributed by atoms with Gasteiger partial charge in [-0.3, -0.25) is 4.98 Å². The van der Waals surface area contributed by atoms with Crippen LogP contribution in [0.4, 0.5) is 0 Å². The van der Waals surface area contributed by atoms with Gasteiger partial charge in [-0.05, 0) is 43.0 Å². The molecule has 1 aliphatic rings. The van der Waals surface area contributed by atoms with Crippen LogP contribution in [0.25, 0.3) is 16.5 Å². The van der Waals surface area contributed by atoms with Crippen LogP contribution < -0.4 is 0 Å². The van der Waals surface area contributed by atoms with Crippen LogP contribution in [0.5, 0.6) is 0 Å². The Morgan fingerprint density at radius 1 is 1.06 bits per heavy atom. The van der Waals surface area contributed by atoms with Crippen molar-refractivity contribution in [2.75, 3.05) is 0 Å². The minimum Gasteiger partial charge on any atom is -0.253 e. The lowest BCUT2D eigenvalue weighted by Gasteiger charge is -2.08. The van der Waals surface area contributed by atoms with Crippen LogP contribution in [0.3, 0.4) is 0 Å². The van der Waals surface area contributed by atoms with E-state index in [4.69, 9.17) is 0 Å². The summed E-state index contributed by atoms with van der Waals surface area (Å²) in [5, 5.41) is 1.21. The fraction of sp³-hybridized carbons (Fsp3) is 0.188. The number of fused-ring (bicyclic) bond motifs is 1. The van der Waals surface area contributed by atoms with Crippen LogP contribution in [0.15, 0.2) is 48.6 Å². The molecule has 1 aromatic heterocycles. The number of hydrogen-bond acceptors (Lipinski definition) is 1. The number of aromatic nitrogens is 1. The maximum atomic E-state index is 4.58. The first kappa shape index (κ1) is 10.3. The van der Waals surface area contributed by atoms with Crippen molar-refractivity contribution in [3.8, 4) is 0 Å². The number of pyridine rings is 1. The van der Waals surface area contributed by atoms with Gasteiger partial charge in [-0.1, -0.05) is 36.4 Å². The van der Waals surface area contributed by atoms with Crippen molar-refractivity contribution in [2.45, 2.75) is 19.8 Å². The number of nitrogens with zero attached hydrogens (tertiary/aromatic N) is 1. The van der Waals surface area contributed by atoms with E-state index in [1.54, 1.807) is 0 Å². The molecule has 1 heterocycles. The Kier molecular flexibility index (Phi) is 2.52. The van der Waals surface area contributed by atoms with E-state index < -0.39 is 0 Å². The minimum atomic E-state index is 1.07. The summed E-state index contributed by atoms with van der Waals surface area (Å²) in [6.07, 6.45) is 9.06. The number of aryl methyl sites for hydroxylation is 1. The summed E-state index contributed by atoms with van der Waals surface area (Å²) in [6, 6.07) is 10.7. The molecule has 3 rings (SSSR count). The highest BCUT2D eigenvalue weighted by Crippen LogP contribution is 2.24. The summed E-state index contributed by atoms with van der Waals surface area (Å²) in [4.78, 5) is 4.58. The van der Waals surface area contributed by atoms with Crippen LogP contribution >= 0.6 is 0 Å². The van der Waals surface area contributed by atoms with Crippen molar-refractivity contribution in [3.05, 3.63) is 59.8 Å². The summed E-state index contributed by atoms with van der Waals surface area (Å²) < 4.78 is 0. The van der Waals surface area contributed by atoms with E-state index in [0.717, 1.165) is 24.1 Å². The summed E-state index contributed by atoms with van der Waals surface area (Å²) in [5.74, 6) is 0. The standard InChI is InChI=1S/C16H15N/c1-12-7-8-14-9-10-15(11-16(14)17-12)13-5-3-2-4-6-13/h3,5-11H,2,4H2,1H3. The Hall–Kier alpha value is -1.89. The van der Waals surface area contributed by atoms with Gasteiger partial charge in [0.2, 0.25) is 0 Å². The highest BCUT2D eigenvalue weighted by molar-refractivity contribution is 5.85. The minimum absolute atomic E-state index is 1.07. The van der Waals surface area contributed by atoms with Crippen LogP contribution in [-0.4, -0.2) is 4.98 Å². The first-order chi connectivity index (χ1) is 8.33. The third-order valence-corrected chi connectivity index (χ3v) is 3.16. The van der Waals surface area contributed by atoms with Gasteiger partial charge in [0.25, 0.3) is 0 Å². The van der Waals surface area contributed by atoms with E-state index in [2.05, 4.69) is 53.5 Å². The van der Waals surface area contributed by atoms with Crippen molar-refractivity contribution < 1.29 is 0 Å². The second-order valence-corrected chi connectivity index (χ2v) is 4.50. The lowest BCUT2D eigenvalue weighted by molar-refractivity contribution is 1.04. The number of hydrogen-bond donors (Lipinski definition) is 0. The molecule has 0 fully saturated rings. The van der Waals surface area contributed by atoms with E-state index in [1.165, 1.54) is 16.5 Å². The first-order valence-corrected chi connectivity index (χ1v) is 6.07. The first-order valence-electron chi connectivity index (χ1n) is 6.07. The van der Waals surface area contributed by atoms with Crippen molar-refractivity contribution >= 4 is 16.5 Å². The zero-order valence-electron chi connectivity index (χ0n) is 9.98. The van der Waals surface area contributed by atoms with Crippen LogP contribution in [0.2, 0.25) is 0 Å². The summed E-state index contributed by atoms with van der Waals surface area (Å²) in [7, 11) is 0. The number of rotatable bonds is 1. The van der Waals surface area contributed by atoms with Crippen molar-refractivity contribution in [3.63, 3.8) is 0 Å². The van der Waals surface area contributed by atoms with Crippen LogP contribution in [0, 0.1) is 6.92 Å². The number of allylic oxidation sites excluding steroid dienone is 4. The Morgan fingerprint density at radius 3 is 2.76 bits per heavy atom. The van der Waals surface area contributed by atoms with Crippen molar-refractivity contribution in [2.24, 2.45) is 0 Å². The van der Waals surface area contributed by atoms with Gasteiger partial charge in [-0.15, -0.1) is 0 Å². The topological polar surface area (TPSA) is 12.9 Å². The Labute approximate surface area is 102 Å². The molecular weight excluding hydrogens is 206 g/mol. The lowest BCUT2D eigenvalue weighted by Crippen LogP contribution is -1.88. The quantitative estimate of drug-likeness (QED) is 0.700. The summed E-state index contributed by atoms with van der Waals surface area (Å²) in [5.41, 5.74) is 4.75. The molecule has 1 aliphatic carbocycles. The predicted molar refractivity (Wildman–Crippen MR) is 72.8 cm³/mol. The summed E-state index contributed by atoms with van der Waals surface area (Å²) in [6.45, 7) is 2.03. The van der Waals surface area contributed by atoms with Gasteiger partial charge < -0.3 is 0 Å². The van der Waals surface area contributed by atoms with Gasteiger partial charge >= 0.3 is 0 Å². The molecule has 0 atom stereocenters. The number of benzene rings is 1. The van der Waals surface area contributed by atoms with E-state index in [9.17, 15) is 0 Å². The Balaban J connectivity index is 2.12. The average molecular weight is 221 g/mol. The molecule has 0 aliphatic heterocycles. The zero-order valence-corrected chi connectivity index (χ0v) is 9.98. The smallest absolute Gasteiger partial charge is 0.0711 e. The van der Waals surface area contributed by atoms with E-state index in [0.29, 0.717) is 0 Å². The summed E-state index contributed by atoms with van der Waals surface area (Å²) >= 11 is 0. The maximum Gasteiger partial charge on any atom is 0.0711 e. The highest BCUT2D eigenvalue weighted by Gasteiger charge is 2.03. The Morgan fingerprint density at radius 2 is 1.94 bits per heavy atom. The van der Waals surface area contributed by atoms with E-state index >= 15 is 0 Å². The molecule has 0 saturated heterocycles. The molecule has 1 heteroatoms. The highest BCUT2D eigenvalue weighted by atomic mass is 14.7. The molecule has 0 amide bonds. The molecule has 84 valence electrons. The second kappa shape index (κ2) is 4.17. The fourth-order valence-corrected chi connectivity index (χ4v) is 2.23. The molecule has 1 nitrogen and oxygen atoms in total.